The number of aromatic nitrogens is 2. The van der Waals surface area contributed by atoms with Crippen LogP contribution in [0.1, 0.15) is 92.8 Å². The van der Waals surface area contributed by atoms with Gasteiger partial charge in [0.15, 0.2) is 0 Å². The predicted octanol–water partition coefficient (Wildman–Crippen LogP) is 6.44. The minimum Gasteiger partial charge on any atom is -0.335 e. The highest BCUT2D eigenvalue weighted by Gasteiger charge is 2.25. The first kappa shape index (κ1) is 27.4. The second-order valence-corrected chi connectivity index (χ2v) is 11.4. The lowest BCUT2D eigenvalue weighted by molar-refractivity contribution is 0.196. The summed E-state index contributed by atoms with van der Waals surface area (Å²) in [5.41, 5.74) is 5.06. The van der Waals surface area contributed by atoms with E-state index < -0.39 is 0 Å². The fourth-order valence-corrected chi connectivity index (χ4v) is 6.36. The maximum atomic E-state index is 12.9. The maximum absolute atomic E-state index is 12.9. The summed E-state index contributed by atoms with van der Waals surface area (Å²) in [6.07, 6.45) is 10.0. The molecule has 3 aromatic rings. The molecule has 0 bridgehead atoms. The van der Waals surface area contributed by atoms with Crippen LogP contribution in [0.2, 0.25) is 0 Å². The van der Waals surface area contributed by atoms with Crippen molar-refractivity contribution in [2.45, 2.75) is 89.3 Å². The van der Waals surface area contributed by atoms with Crippen LogP contribution >= 0.6 is 0 Å². The molecule has 2 heterocycles. The molecular formula is C33H45N5O. The van der Waals surface area contributed by atoms with E-state index in [9.17, 15) is 4.79 Å². The van der Waals surface area contributed by atoms with E-state index in [-0.39, 0.29) is 12.1 Å². The second kappa shape index (κ2) is 13.8. The van der Waals surface area contributed by atoms with Gasteiger partial charge in [0.25, 0.3) is 0 Å². The molecule has 208 valence electrons. The molecule has 39 heavy (non-hydrogen) atoms. The quantitative estimate of drug-likeness (QED) is 0.319. The lowest BCUT2D eigenvalue weighted by Crippen LogP contribution is -2.45. The van der Waals surface area contributed by atoms with Gasteiger partial charge in [-0.3, -0.25) is 4.68 Å². The molecule has 5 rings (SSSR count). The number of likely N-dealkylation sites (tertiary alicyclic amines) is 1. The Morgan fingerprint density at radius 3 is 2.33 bits per heavy atom. The molecule has 2 N–H and O–H groups in total. The topological polar surface area (TPSA) is 62.2 Å². The van der Waals surface area contributed by atoms with Crippen molar-refractivity contribution in [2.24, 2.45) is 0 Å². The van der Waals surface area contributed by atoms with Crippen LogP contribution in [0.5, 0.6) is 0 Å². The number of carbonyl (C=O) groups excluding carboxylic acids is 1. The standard InChI is InChI=1S/C33H45N5O/c1-2-38-32(25-30(36-38)24-26-12-6-3-7-13-26)28-18-21-37(22-19-28)23-20-31(27-14-8-4-9-15-27)35-33(39)34-29-16-10-5-11-17-29/h3-4,6-9,12-15,25,28-29,31H,2,5,10-11,16-24H2,1H3,(H2,34,35,39)/t31-/m0/s1. The molecule has 1 saturated carbocycles. The molecule has 2 amide bonds. The SMILES string of the molecule is CCn1nc(Cc2ccccc2)cc1C1CCN(CC[C@H](NC(=O)NC2CCCCC2)c2ccccc2)CC1. The Morgan fingerprint density at radius 2 is 1.64 bits per heavy atom. The van der Waals surface area contributed by atoms with Gasteiger partial charge in [0.05, 0.1) is 11.7 Å². The largest absolute Gasteiger partial charge is 0.335 e. The summed E-state index contributed by atoms with van der Waals surface area (Å²) >= 11 is 0. The zero-order chi connectivity index (χ0) is 26.9. The van der Waals surface area contributed by atoms with Crippen molar-refractivity contribution in [2.75, 3.05) is 19.6 Å². The van der Waals surface area contributed by atoms with E-state index in [1.165, 1.54) is 41.8 Å². The number of urea groups is 1. The molecule has 1 aliphatic heterocycles. The number of rotatable bonds is 10. The zero-order valence-corrected chi connectivity index (χ0v) is 23.5. The van der Waals surface area contributed by atoms with E-state index in [0.29, 0.717) is 12.0 Å². The first-order valence-corrected chi connectivity index (χ1v) is 15.1. The highest BCUT2D eigenvalue weighted by atomic mass is 16.2. The van der Waals surface area contributed by atoms with Crippen LogP contribution in [-0.2, 0) is 13.0 Å². The summed E-state index contributed by atoms with van der Waals surface area (Å²) in [6, 6.07) is 23.7. The van der Waals surface area contributed by atoms with Crippen molar-refractivity contribution in [3.8, 4) is 0 Å². The van der Waals surface area contributed by atoms with Crippen LogP contribution < -0.4 is 10.6 Å². The normalized spacial score (nSPS) is 18.1. The number of nitrogens with one attached hydrogen (secondary N) is 2. The third-order valence-corrected chi connectivity index (χ3v) is 8.58. The van der Waals surface area contributed by atoms with E-state index >= 15 is 0 Å². The van der Waals surface area contributed by atoms with Gasteiger partial charge < -0.3 is 15.5 Å². The number of amides is 2. The Kier molecular flexibility index (Phi) is 9.71. The van der Waals surface area contributed by atoms with Crippen LogP contribution in [0.15, 0.2) is 66.7 Å². The van der Waals surface area contributed by atoms with Gasteiger partial charge in [0.2, 0.25) is 0 Å². The number of nitrogens with zero attached hydrogens (tertiary/aromatic N) is 3. The molecule has 0 radical (unpaired) electrons. The molecule has 1 saturated heterocycles. The average molecular weight is 528 g/mol. The molecule has 0 spiro atoms. The number of benzene rings is 2. The van der Waals surface area contributed by atoms with Gasteiger partial charge in [-0.15, -0.1) is 0 Å². The van der Waals surface area contributed by atoms with E-state index in [0.717, 1.165) is 64.7 Å². The van der Waals surface area contributed by atoms with Crippen molar-refractivity contribution in [3.05, 3.63) is 89.2 Å². The summed E-state index contributed by atoms with van der Waals surface area (Å²) < 4.78 is 2.22. The predicted molar refractivity (Wildman–Crippen MR) is 158 cm³/mol. The van der Waals surface area contributed by atoms with E-state index in [1.807, 2.05) is 6.07 Å². The number of hydrogen-bond donors (Lipinski definition) is 2. The van der Waals surface area contributed by atoms with Crippen LogP contribution in [0.25, 0.3) is 0 Å². The third-order valence-electron chi connectivity index (χ3n) is 8.58. The fourth-order valence-electron chi connectivity index (χ4n) is 6.36. The van der Waals surface area contributed by atoms with Gasteiger partial charge >= 0.3 is 6.03 Å². The molecule has 1 atom stereocenters. The molecule has 2 aliphatic rings. The van der Waals surface area contributed by atoms with Gasteiger partial charge in [-0.25, -0.2) is 4.79 Å². The first-order chi connectivity index (χ1) is 19.2. The van der Waals surface area contributed by atoms with Gasteiger partial charge in [-0.05, 0) is 69.3 Å². The maximum Gasteiger partial charge on any atom is 0.315 e. The Morgan fingerprint density at radius 1 is 0.949 bits per heavy atom. The van der Waals surface area contributed by atoms with Crippen LogP contribution in [0.4, 0.5) is 4.79 Å². The highest BCUT2D eigenvalue weighted by Crippen LogP contribution is 2.30. The molecule has 6 nitrogen and oxygen atoms in total. The lowest BCUT2D eigenvalue weighted by atomic mass is 9.92. The Labute approximate surface area is 234 Å². The number of aryl methyl sites for hydroxylation is 1. The van der Waals surface area contributed by atoms with Crippen LogP contribution in [0, 0.1) is 0 Å². The van der Waals surface area contributed by atoms with Gasteiger partial charge in [-0.1, -0.05) is 79.9 Å². The van der Waals surface area contributed by atoms with Gasteiger partial charge in [0, 0.05) is 37.2 Å². The highest BCUT2D eigenvalue weighted by molar-refractivity contribution is 5.74. The molecule has 1 aromatic heterocycles. The summed E-state index contributed by atoms with van der Waals surface area (Å²) in [5.74, 6) is 0.558. The second-order valence-electron chi connectivity index (χ2n) is 11.4. The number of carbonyl (C=O) groups is 1. The van der Waals surface area contributed by atoms with Crippen molar-refractivity contribution >= 4 is 6.03 Å². The lowest BCUT2D eigenvalue weighted by Gasteiger charge is -2.33. The molecule has 6 heteroatoms. The van der Waals surface area contributed by atoms with Crippen LogP contribution in [0.3, 0.4) is 0 Å². The summed E-state index contributed by atoms with van der Waals surface area (Å²) in [5, 5.41) is 11.5. The molecule has 0 unspecified atom stereocenters. The van der Waals surface area contributed by atoms with Crippen molar-refractivity contribution < 1.29 is 4.79 Å². The summed E-state index contributed by atoms with van der Waals surface area (Å²) in [4.78, 5) is 15.5. The smallest absolute Gasteiger partial charge is 0.315 e. The fraction of sp³-hybridized carbons (Fsp3) is 0.515. The number of hydrogen-bond acceptors (Lipinski definition) is 3. The minimum absolute atomic E-state index is 0.0198. The van der Waals surface area contributed by atoms with E-state index in [2.05, 4.69) is 87.8 Å². The Balaban J connectivity index is 1.14. The van der Waals surface area contributed by atoms with Crippen LogP contribution in [-0.4, -0.2) is 46.4 Å². The monoisotopic (exact) mass is 527 g/mol. The molecular weight excluding hydrogens is 482 g/mol. The third kappa shape index (κ3) is 7.72. The molecule has 1 aliphatic carbocycles. The van der Waals surface area contributed by atoms with Gasteiger partial charge in [0.1, 0.15) is 0 Å². The average Bonchev–Trinajstić information content (AvgIpc) is 3.39. The molecule has 2 fully saturated rings. The van der Waals surface area contributed by atoms with Crippen molar-refractivity contribution in [3.63, 3.8) is 0 Å². The summed E-state index contributed by atoms with van der Waals surface area (Å²) in [6.45, 7) is 6.27. The summed E-state index contributed by atoms with van der Waals surface area (Å²) in [7, 11) is 0. The minimum atomic E-state index is -0.0198. The molecule has 2 aromatic carbocycles. The van der Waals surface area contributed by atoms with Crippen molar-refractivity contribution in [1.29, 1.82) is 0 Å². The van der Waals surface area contributed by atoms with E-state index in [4.69, 9.17) is 5.10 Å². The Bertz CT molecular complexity index is 1150. The zero-order valence-electron chi connectivity index (χ0n) is 23.5. The van der Waals surface area contributed by atoms with Gasteiger partial charge in [-0.2, -0.15) is 5.10 Å². The van der Waals surface area contributed by atoms with Crippen molar-refractivity contribution in [1.82, 2.24) is 25.3 Å². The first-order valence-electron chi connectivity index (χ1n) is 15.1. The van der Waals surface area contributed by atoms with E-state index in [1.54, 1.807) is 0 Å². The number of piperidine rings is 1. The Hall–Kier alpha value is -3.12.